The molecule has 0 nitrogen and oxygen atoms in total. The molecule has 0 aliphatic heterocycles. The van der Waals surface area contributed by atoms with Gasteiger partial charge in [0, 0.05) is 0 Å². The van der Waals surface area contributed by atoms with Gasteiger partial charge in [0.05, 0.1) is 0 Å². The van der Waals surface area contributed by atoms with Crippen molar-refractivity contribution in [2.75, 3.05) is 0 Å². The minimum atomic E-state index is 0. The van der Waals surface area contributed by atoms with Gasteiger partial charge < -0.3 is 0 Å². The average Bonchev–Trinajstić information content (AvgIpc) is 2.56. The van der Waals surface area contributed by atoms with E-state index in [2.05, 4.69) is 62.4 Å². The normalized spacial score (nSPS) is 8.26. The van der Waals surface area contributed by atoms with Crippen molar-refractivity contribution in [3.05, 3.63) is 59.7 Å². The Kier molecular flexibility index (Phi) is 14.4. The van der Waals surface area contributed by atoms with Crippen molar-refractivity contribution < 1.29 is 0 Å². The second-order valence-electron chi connectivity index (χ2n) is 4.34. The molecular weight excluding hydrogens is 276 g/mol. The molecule has 0 fully saturated rings. The number of rotatable bonds is 0. The van der Waals surface area contributed by atoms with Crippen LogP contribution < -0.4 is 0 Å². The highest BCUT2D eigenvalue weighted by molar-refractivity contribution is 6.05. The minimum absolute atomic E-state index is 0. The van der Waals surface area contributed by atoms with E-state index in [1.807, 2.05) is 27.7 Å². The smallest absolute Gasteiger partial charge is 0.0146 e. The first kappa shape index (κ1) is 26.1. The monoisotopic (exact) mass is 314 g/mol. The molecule has 130 valence electrons. The molecule has 3 rings (SSSR count). The van der Waals surface area contributed by atoms with Crippen LogP contribution in [0, 0.1) is 13.8 Å². The SMILES string of the molecule is C.C.C.CC.CC.Cc1c2ccccc2c(C)c2ccccc12. The van der Waals surface area contributed by atoms with Gasteiger partial charge in [-0.1, -0.05) is 98.5 Å². The minimum Gasteiger partial charge on any atom is -0.0776 e. The lowest BCUT2D eigenvalue weighted by atomic mass is 9.93. The fraction of sp³-hybridized carbons (Fsp3) is 0.391. The predicted molar refractivity (Wildman–Crippen MR) is 114 cm³/mol. The summed E-state index contributed by atoms with van der Waals surface area (Å²) in [6.45, 7) is 12.4. The van der Waals surface area contributed by atoms with Crippen molar-refractivity contribution >= 4 is 21.5 Å². The van der Waals surface area contributed by atoms with Gasteiger partial charge in [-0.2, -0.15) is 0 Å². The van der Waals surface area contributed by atoms with Gasteiger partial charge in [0.25, 0.3) is 0 Å². The van der Waals surface area contributed by atoms with Crippen LogP contribution >= 0.6 is 0 Å². The fourth-order valence-electron chi connectivity index (χ4n) is 2.56. The molecule has 0 N–H and O–H groups in total. The number of aryl methyl sites for hydroxylation is 2. The number of benzene rings is 3. The summed E-state index contributed by atoms with van der Waals surface area (Å²) in [5.74, 6) is 0. The molecule has 3 aromatic carbocycles. The molecule has 0 unspecified atom stereocenters. The standard InChI is InChI=1S/C16H14.2C2H6.3CH4/c1-11-13-7-3-5-9-15(13)12(2)16-10-6-4-8-14(11)16;2*1-2;;;/h3-10H,1-2H3;2*1-2H3;3*1H4. The first-order chi connectivity index (χ1) is 9.79. The average molecular weight is 315 g/mol. The maximum atomic E-state index is 2.21. The lowest BCUT2D eigenvalue weighted by molar-refractivity contribution is 1.50. The summed E-state index contributed by atoms with van der Waals surface area (Å²) in [5.41, 5.74) is 2.77. The quantitative estimate of drug-likeness (QED) is 0.364. The van der Waals surface area contributed by atoms with Crippen LogP contribution in [0.5, 0.6) is 0 Å². The topological polar surface area (TPSA) is 0 Å². The van der Waals surface area contributed by atoms with Crippen LogP contribution in [0.1, 0.15) is 61.1 Å². The zero-order chi connectivity index (χ0) is 15.1. The first-order valence-corrected chi connectivity index (χ1v) is 7.65. The molecule has 0 aliphatic rings. The van der Waals surface area contributed by atoms with Crippen LogP contribution in [-0.2, 0) is 0 Å². The van der Waals surface area contributed by atoms with Gasteiger partial charge >= 0.3 is 0 Å². The Bertz CT molecular complexity index is 561. The molecule has 0 heterocycles. The zero-order valence-corrected chi connectivity index (χ0v) is 13.6. The summed E-state index contributed by atoms with van der Waals surface area (Å²) in [6.07, 6.45) is 0. The van der Waals surface area contributed by atoms with Gasteiger partial charge in [-0.25, -0.2) is 0 Å². The molecule has 0 saturated heterocycles. The zero-order valence-electron chi connectivity index (χ0n) is 13.6. The van der Waals surface area contributed by atoms with Crippen molar-refractivity contribution in [2.45, 2.75) is 63.8 Å². The Labute approximate surface area is 145 Å². The lowest BCUT2D eigenvalue weighted by Gasteiger charge is -2.11. The molecule has 0 atom stereocenters. The van der Waals surface area contributed by atoms with Crippen LogP contribution in [0.3, 0.4) is 0 Å². The Balaban J connectivity index is -0.000000533. The summed E-state index contributed by atoms with van der Waals surface area (Å²) in [5, 5.41) is 5.50. The Morgan fingerprint density at radius 2 is 0.609 bits per heavy atom. The molecule has 3 aromatic rings. The van der Waals surface area contributed by atoms with Crippen molar-refractivity contribution in [3.63, 3.8) is 0 Å². The van der Waals surface area contributed by atoms with Crippen LogP contribution in [0.25, 0.3) is 21.5 Å². The third-order valence-electron chi connectivity index (χ3n) is 3.47. The molecule has 0 amide bonds. The Morgan fingerprint density at radius 1 is 0.435 bits per heavy atom. The number of hydrogen-bond donors (Lipinski definition) is 0. The number of fused-ring (bicyclic) bond motifs is 2. The van der Waals surface area contributed by atoms with E-state index in [-0.39, 0.29) is 22.3 Å². The van der Waals surface area contributed by atoms with E-state index < -0.39 is 0 Å². The Morgan fingerprint density at radius 3 is 0.783 bits per heavy atom. The molecular formula is C23H38. The van der Waals surface area contributed by atoms with E-state index >= 15 is 0 Å². The van der Waals surface area contributed by atoms with Gasteiger partial charge in [-0.05, 0) is 46.5 Å². The molecule has 0 heteroatoms. The second kappa shape index (κ2) is 12.7. The highest BCUT2D eigenvalue weighted by Crippen LogP contribution is 2.31. The third kappa shape index (κ3) is 5.10. The molecule has 0 aromatic heterocycles. The molecule has 0 radical (unpaired) electrons. The van der Waals surface area contributed by atoms with Crippen molar-refractivity contribution in [1.82, 2.24) is 0 Å². The molecule has 0 saturated carbocycles. The molecule has 0 spiro atoms. The third-order valence-corrected chi connectivity index (χ3v) is 3.47. The number of hydrogen-bond acceptors (Lipinski definition) is 0. The maximum Gasteiger partial charge on any atom is -0.0146 e. The van der Waals surface area contributed by atoms with E-state index in [1.165, 1.54) is 32.7 Å². The lowest BCUT2D eigenvalue weighted by Crippen LogP contribution is -1.87. The fourth-order valence-corrected chi connectivity index (χ4v) is 2.56. The van der Waals surface area contributed by atoms with E-state index in [0.29, 0.717) is 0 Å². The van der Waals surface area contributed by atoms with E-state index in [9.17, 15) is 0 Å². The van der Waals surface area contributed by atoms with Crippen LogP contribution in [-0.4, -0.2) is 0 Å². The highest BCUT2D eigenvalue weighted by atomic mass is 14.1. The summed E-state index contributed by atoms with van der Waals surface area (Å²) < 4.78 is 0. The molecule has 23 heavy (non-hydrogen) atoms. The second-order valence-corrected chi connectivity index (χ2v) is 4.34. The summed E-state index contributed by atoms with van der Waals surface area (Å²) >= 11 is 0. The van der Waals surface area contributed by atoms with E-state index in [1.54, 1.807) is 0 Å². The van der Waals surface area contributed by atoms with Crippen molar-refractivity contribution in [3.8, 4) is 0 Å². The van der Waals surface area contributed by atoms with E-state index in [0.717, 1.165) is 0 Å². The largest absolute Gasteiger partial charge is 0.0776 e. The van der Waals surface area contributed by atoms with Crippen molar-refractivity contribution in [1.29, 1.82) is 0 Å². The predicted octanol–water partition coefficient (Wildman–Crippen LogP) is 8.57. The Hall–Kier alpha value is -1.82. The molecule has 0 bridgehead atoms. The van der Waals surface area contributed by atoms with Crippen molar-refractivity contribution in [2.24, 2.45) is 0 Å². The first-order valence-electron chi connectivity index (χ1n) is 7.65. The van der Waals surface area contributed by atoms with E-state index in [4.69, 9.17) is 0 Å². The van der Waals surface area contributed by atoms with Gasteiger partial charge in [0.2, 0.25) is 0 Å². The van der Waals surface area contributed by atoms with Crippen LogP contribution in [0.15, 0.2) is 48.5 Å². The van der Waals surface area contributed by atoms with Gasteiger partial charge in [-0.3, -0.25) is 0 Å². The van der Waals surface area contributed by atoms with Crippen LogP contribution in [0.4, 0.5) is 0 Å². The highest BCUT2D eigenvalue weighted by Gasteiger charge is 2.06. The van der Waals surface area contributed by atoms with Gasteiger partial charge in [0.1, 0.15) is 0 Å². The van der Waals surface area contributed by atoms with Gasteiger partial charge in [0.15, 0.2) is 0 Å². The van der Waals surface area contributed by atoms with Gasteiger partial charge in [-0.15, -0.1) is 0 Å². The summed E-state index contributed by atoms with van der Waals surface area (Å²) in [6, 6.07) is 17.3. The molecule has 0 aliphatic carbocycles. The maximum absolute atomic E-state index is 2.21. The summed E-state index contributed by atoms with van der Waals surface area (Å²) in [4.78, 5) is 0. The van der Waals surface area contributed by atoms with Crippen LogP contribution in [0.2, 0.25) is 0 Å². The summed E-state index contributed by atoms with van der Waals surface area (Å²) in [7, 11) is 0.